The van der Waals surface area contributed by atoms with Crippen LogP contribution >= 0.6 is 0 Å². The van der Waals surface area contributed by atoms with Gasteiger partial charge in [0.15, 0.2) is 17.3 Å². The third kappa shape index (κ3) is 6.38. The zero-order valence-corrected chi connectivity index (χ0v) is 28.1. The summed E-state index contributed by atoms with van der Waals surface area (Å²) < 4.78 is 17.4. The smallest absolute Gasteiger partial charge is 0.343 e. The van der Waals surface area contributed by atoms with Crippen molar-refractivity contribution in [1.82, 2.24) is 0 Å². The number of Topliss-reactive ketones (excluding diaryl/α,β-unsaturated/α-hetero) is 1. The molecule has 1 N–H and O–H groups in total. The van der Waals surface area contributed by atoms with Crippen LogP contribution in [-0.4, -0.2) is 34.9 Å². The van der Waals surface area contributed by atoms with E-state index in [4.69, 9.17) is 14.2 Å². The molecule has 6 rings (SSSR count). The second-order valence-electron chi connectivity index (χ2n) is 13.8. The Kier molecular flexibility index (Phi) is 8.75. The Labute approximate surface area is 285 Å². The second kappa shape index (κ2) is 12.8. The highest BCUT2D eigenvalue weighted by Crippen LogP contribution is 2.59. The molecule has 0 spiro atoms. The lowest BCUT2D eigenvalue weighted by atomic mass is 9.53. The highest BCUT2D eigenvalue weighted by atomic mass is 16.6. The molecule has 8 heteroatoms. The summed E-state index contributed by atoms with van der Waals surface area (Å²) >= 11 is 0. The normalized spacial score (nSPS) is 21.1. The van der Waals surface area contributed by atoms with E-state index in [1.165, 1.54) is 18.2 Å². The standard InChI is InChI=1S/C41H38O8/c1-24(2)30-20-27-17-19-33-40(3,4)22-29(23-41(33,5)34(27)36(43)35(30)42)47-39(46)28-16-18-31(48-37(44)25-12-8-6-9-13-25)32(21-28)49-38(45)26-14-10-7-11-15-26/h6-21,24,29,43H,22-23H2,1-5H3/t29-,41-/m0/s1. The van der Waals surface area contributed by atoms with Gasteiger partial charge in [0, 0.05) is 16.6 Å². The molecule has 3 aliphatic carbocycles. The van der Waals surface area contributed by atoms with Crippen LogP contribution < -0.4 is 9.47 Å². The average Bonchev–Trinajstić information content (AvgIpc) is 3.06. The molecule has 1 saturated carbocycles. The monoisotopic (exact) mass is 658 g/mol. The van der Waals surface area contributed by atoms with Crippen LogP contribution in [0.2, 0.25) is 0 Å². The SMILES string of the molecule is CC(C)C1=CC2=CC=C3C(C)(C)C[C@H](OC(=O)c4ccc(OC(=O)c5ccccc5)c(OC(=O)c5ccccc5)c4)C[C@]3(C)C2=C(O)C1=O. The first-order chi connectivity index (χ1) is 23.3. The molecule has 3 aromatic rings. The van der Waals surface area contributed by atoms with Crippen molar-refractivity contribution in [3.63, 3.8) is 0 Å². The molecule has 49 heavy (non-hydrogen) atoms. The van der Waals surface area contributed by atoms with Crippen molar-refractivity contribution in [3.05, 3.63) is 142 Å². The maximum absolute atomic E-state index is 13.7. The van der Waals surface area contributed by atoms with Crippen molar-refractivity contribution in [1.29, 1.82) is 0 Å². The molecule has 1 fully saturated rings. The highest BCUT2D eigenvalue weighted by molar-refractivity contribution is 6.10. The molecule has 0 heterocycles. The van der Waals surface area contributed by atoms with Gasteiger partial charge in [-0.1, -0.05) is 88.7 Å². The Morgan fingerprint density at radius 2 is 1.35 bits per heavy atom. The molecular formula is C41H38O8. The number of esters is 3. The van der Waals surface area contributed by atoms with Crippen LogP contribution in [0.4, 0.5) is 0 Å². The number of hydrogen-bond donors (Lipinski definition) is 1. The lowest BCUT2D eigenvalue weighted by Gasteiger charge is -2.52. The van der Waals surface area contributed by atoms with Crippen molar-refractivity contribution < 1.29 is 38.5 Å². The number of ether oxygens (including phenoxy) is 3. The first kappa shape index (κ1) is 33.4. The van der Waals surface area contributed by atoms with Gasteiger partial charge in [-0.25, -0.2) is 14.4 Å². The molecule has 0 amide bonds. The Balaban J connectivity index is 1.29. The Morgan fingerprint density at radius 3 is 1.94 bits per heavy atom. The number of fused-ring (bicyclic) bond motifs is 3. The van der Waals surface area contributed by atoms with Crippen molar-refractivity contribution >= 4 is 23.7 Å². The predicted octanol–water partition coefficient (Wildman–Crippen LogP) is 8.32. The quantitative estimate of drug-likeness (QED) is 0.199. The molecule has 3 aliphatic rings. The fraction of sp³-hybridized carbons (Fsp3) is 0.268. The van der Waals surface area contributed by atoms with Crippen molar-refractivity contribution in [2.45, 2.75) is 53.6 Å². The molecule has 0 aliphatic heterocycles. The van der Waals surface area contributed by atoms with E-state index in [1.807, 2.05) is 32.9 Å². The summed E-state index contributed by atoms with van der Waals surface area (Å²) in [4.78, 5) is 52.9. The van der Waals surface area contributed by atoms with Crippen molar-refractivity contribution in [2.24, 2.45) is 16.7 Å². The minimum atomic E-state index is -0.776. The summed E-state index contributed by atoms with van der Waals surface area (Å²) in [7, 11) is 0. The van der Waals surface area contributed by atoms with Crippen LogP contribution in [0.5, 0.6) is 11.5 Å². The molecular weight excluding hydrogens is 620 g/mol. The zero-order valence-electron chi connectivity index (χ0n) is 28.1. The lowest BCUT2D eigenvalue weighted by molar-refractivity contribution is -0.115. The van der Waals surface area contributed by atoms with Gasteiger partial charge in [-0.3, -0.25) is 4.79 Å². The van der Waals surface area contributed by atoms with Crippen LogP contribution in [0, 0.1) is 16.7 Å². The minimum Gasteiger partial charge on any atom is -0.504 e. The van der Waals surface area contributed by atoms with E-state index in [1.54, 1.807) is 60.7 Å². The van der Waals surface area contributed by atoms with Crippen molar-refractivity contribution in [2.75, 3.05) is 0 Å². The van der Waals surface area contributed by atoms with Crippen LogP contribution in [0.1, 0.15) is 78.5 Å². The molecule has 0 unspecified atom stereocenters. The summed E-state index contributed by atoms with van der Waals surface area (Å²) in [6.07, 6.45) is 6.13. The predicted molar refractivity (Wildman–Crippen MR) is 183 cm³/mol. The van der Waals surface area contributed by atoms with E-state index in [-0.39, 0.29) is 40.1 Å². The van der Waals surface area contributed by atoms with Gasteiger partial charge >= 0.3 is 17.9 Å². The summed E-state index contributed by atoms with van der Waals surface area (Å²) in [5.74, 6) is -2.90. The van der Waals surface area contributed by atoms with E-state index in [2.05, 4.69) is 19.9 Å². The summed E-state index contributed by atoms with van der Waals surface area (Å²) in [5.41, 5.74) is 2.36. The van der Waals surface area contributed by atoms with Crippen LogP contribution in [0.3, 0.4) is 0 Å². The molecule has 0 bridgehead atoms. The minimum absolute atomic E-state index is 0.0458. The number of aliphatic hydroxyl groups is 1. The van der Waals surface area contributed by atoms with E-state index in [9.17, 15) is 24.3 Å². The van der Waals surface area contributed by atoms with Gasteiger partial charge in [0.2, 0.25) is 5.78 Å². The number of aliphatic hydroxyl groups excluding tert-OH is 1. The topological polar surface area (TPSA) is 116 Å². The second-order valence-corrected chi connectivity index (χ2v) is 13.8. The number of ketones is 1. The first-order valence-electron chi connectivity index (χ1n) is 16.3. The number of carbonyl (C=O) groups is 4. The van der Waals surface area contributed by atoms with Gasteiger partial charge in [0.1, 0.15) is 6.10 Å². The van der Waals surface area contributed by atoms with Gasteiger partial charge < -0.3 is 19.3 Å². The fourth-order valence-corrected chi connectivity index (χ4v) is 7.28. The fourth-order valence-electron chi connectivity index (χ4n) is 7.28. The van der Waals surface area contributed by atoms with Crippen LogP contribution in [0.25, 0.3) is 0 Å². The van der Waals surface area contributed by atoms with Gasteiger partial charge in [0.05, 0.1) is 16.7 Å². The number of benzene rings is 3. The molecule has 3 aromatic carbocycles. The molecule has 250 valence electrons. The molecule has 8 nitrogen and oxygen atoms in total. The van der Waals surface area contributed by atoms with Gasteiger partial charge in [-0.05, 0) is 78.3 Å². The Morgan fingerprint density at radius 1 is 0.755 bits per heavy atom. The number of allylic oxidation sites excluding steroid dienone is 7. The highest BCUT2D eigenvalue weighted by Gasteiger charge is 2.52. The van der Waals surface area contributed by atoms with Crippen LogP contribution in [-0.2, 0) is 9.53 Å². The third-order valence-corrected chi connectivity index (χ3v) is 9.49. The van der Waals surface area contributed by atoms with Crippen LogP contribution in [0.15, 0.2) is 125 Å². The third-order valence-electron chi connectivity index (χ3n) is 9.49. The molecule has 2 atom stereocenters. The maximum atomic E-state index is 13.7. The van der Waals surface area contributed by atoms with E-state index in [0.29, 0.717) is 29.6 Å². The summed E-state index contributed by atoms with van der Waals surface area (Å²) in [6, 6.07) is 20.9. The summed E-state index contributed by atoms with van der Waals surface area (Å²) in [5, 5.41) is 11.3. The molecule has 0 radical (unpaired) electrons. The lowest BCUT2D eigenvalue weighted by Crippen LogP contribution is -2.46. The maximum Gasteiger partial charge on any atom is 0.343 e. The van der Waals surface area contributed by atoms with Gasteiger partial charge in [-0.2, -0.15) is 0 Å². The Hall–Kier alpha value is -5.50. The molecule has 0 aromatic heterocycles. The van der Waals surface area contributed by atoms with Crippen molar-refractivity contribution in [3.8, 4) is 11.5 Å². The van der Waals surface area contributed by atoms with Gasteiger partial charge in [-0.15, -0.1) is 0 Å². The number of carbonyl (C=O) groups excluding carboxylic acids is 4. The van der Waals surface area contributed by atoms with E-state index in [0.717, 1.165) is 11.1 Å². The first-order valence-corrected chi connectivity index (χ1v) is 16.3. The zero-order chi connectivity index (χ0) is 35.1. The molecule has 0 saturated heterocycles. The Bertz CT molecular complexity index is 1980. The largest absolute Gasteiger partial charge is 0.504 e. The number of rotatable bonds is 7. The summed E-state index contributed by atoms with van der Waals surface area (Å²) in [6.45, 7) is 9.94. The van der Waals surface area contributed by atoms with Gasteiger partial charge in [0.25, 0.3) is 0 Å². The number of hydrogen-bond acceptors (Lipinski definition) is 8. The average molecular weight is 659 g/mol. The van der Waals surface area contributed by atoms with E-state index < -0.39 is 34.8 Å². The van der Waals surface area contributed by atoms with E-state index >= 15 is 0 Å².